The smallest absolute Gasteiger partial charge is 0.290 e. The number of aromatic nitrogens is 2. The number of carbonyl (C=O) groups is 1. The Kier molecular flexibility index (Phi) is 6.40. The van der Waals surface area contributed by atoms with Crippen LogP contribution in [0.5, 0.6) is 0 Å². The number of pyridine rings is 2. The van der Waals surface area contributed by atoms with Gasteiger partial charge in [0, 0.05) is 44.0 Å². The molecule has 1 fully saturated rings. The summed E-state index contributed by atoms with van der Waals surface area (Å²) in [4.78, 5) is 22.7. The van der Waals surface area contributed by atoms with E-state index in [2.05, 4.69) is 9.97 Å². The zero-order chi connectivity index (χ0) is 22.9. The van der Waals surface area contributed by atoms with Gasteiger partial charge in [0.05, 0.1) is 11.1 Å². The fourth-order valence-electron chi connectivity index (χ4n) is 3.62. The average molecular weight is 479 g/mol. The van der Waals surface area contributed by atoms with E-state index >= 15 is 0 Å². The van der Waals surface area contributed by atoms with Gasteiger partial charge in [0.1, 0.15) is 9.92 Å². The Morgan fingerprint density at radius 3 is 2.56 bits per heavy atom. The van der Waals surface area contributed by atoms with Crippen molar-refractivity contribution in [3.63, 3.8) is 0 Å². The number of carbonyl (C=O) groups excluding carboxylic acids is 1. The summed E-state index contributed by atoms with van der Waals surface area (Å²) in [5.74, 6) is -3.14. The molecule has 0 atom stereocenters. The number of piperazine rings is 1. The summed E-state index contributed by atoms with van der Waals surface area (Å²) in [5.41, 5.74) is 1.42. The van der Waals surface area contributed by atoms with E-state index in [9.17, 15) is 22.0 Å². The number of hydrogen-bond donors (Lipinski definition) is 0. The molecule has 1 saturated heterocycles. The maximum absolute atomic E-state index is 13.3. The average Bonchev–Trinajstić information content (AvgIpc) is 2.78. The van der Waals surface area contributed by atoms with Gasteiger partial charge in [-0.1, -0.05) is 12.1 Å². The van der Waals surface area contributed by atoms with Gasteiger partial charge in [-0.2, -0.15) is 13.1 Å². The third-order valence-corrected chi connectivity index (χ3v) is 7.81. The maximum Gasteiger partial charge on any atom is 0.290 e. The molecule has 0 N–H and O–H groups in total. The second kappa shape index (κ2) is 9.08. The predicted octanol–water partition coefficient (Wildman–Crippen LogP) is 3.40. The van der Waals surface area contributed by atoms with E-state index in [0.717, 1.165) is 10.9 Å². The highest BCUT2D eigenvalue weighted by atomic mass is 32.2. The van der Waals surface area contributed by atoms with Gasteiger partial charge in [-0.25, -0.2) is 13.4 Å². The largest absolute Gasteiger partial charge is 0.336 e. The Bertz CT molecular complexity index is 1260. The molecular weight excluding hydrogens is 458 g/mol. The summed E-state index contributed by atoms with van der Waals surface area (Å²) >= 11 is 0.216. The number of amides is 1. The Hall–Kier alpha value is -2.63. The second-order valence-corrected chi connectivity index (χ2v) is 10.2. The molecule has 0 spiro atoms. The van der Waals surface area contributed by atoms with Gasteiger partial charge < -0.3 is 4.90 Å². The van der Waals surface area contributed by atoms with Crippen molar-refractivity contribution in [2.45, 2.75) is 22.6 Å². The molecule has 7 nitrogen and oxygen atoms in total. The number of para-hydroxylation sites is 1. The summed E-state index contributed by atoms with van der Waals surface area (Å²) < 4.78 is 53.5. The van der Waals surface area contributed by atoms with E-state index in [0.29, 0.717) is 5.52 Å². The number of thioether (sulfide) groups is 1. The first-order valence-corrected chi connectivity index (χ1v) is 12.1. The molecule has 168 valence electrons. The van der Waals surface area contributed by atoms with Crippen molar-refractivity contribution in [2.24, 2.45) is 0 Å². The Labute approximate surface area is 188 Å². The van der Waals surface area contributed by atoms with Crippen LogP contribution in [0.4, 0.5) is 8.78 Å². The molecule has 1 aliphatic heterocycles. The van der Waals surface area contributed by atoms with E-state index in [1.165, 1.54) is 33.6 Å². The minimum Gasteiger partial charge on any atom is -0.336 e. The van der Waals surface area contributed by atoms with Crippen LogP contribution >= 0.6 is 11.8 Å². The summed E-state index contributed by atoms with van der Waals surface area (Å²) in [5, 5.41) is 0.695. The molecule has 0 unspecified atom stereocenters. The van der Waals surface area contributed by atoms with Crippen LogP contribution in [0.15, 0.2) is 58.7 Å². The molecule has 2 aromatic heterocycles. The number of hydrogen-bond acceptors (Lipinski definition) is 6. The van der Waals surface area contributed by atoms with E-state index in [1.54, 1.807) is 12.3 Å². The molecule has 11 heteroatoms. The second-order valence-electron chi connectivity index (χ2n) is 7.27. The van der Waals surface area contributed by atoms with Gasteiger partial charge in [0.15, 0.2) is 0 Å². The van der Waals surface area contributed by atoms with Crippen LogP contribution in [0.25, 0.3) is 10.9 Å². The third kappa shape index (κ3) is 4.45. The van der Waals surface area contributed by atoms with Crippen molar-refractivity contribution in [2.75, 3.05) is 26.2 Å². The molecule has 3 aromatic rings. The predicted molar refractivity (Wildman–Crippen MR) is 117 cm³/mol. The van der Waals surface area contributed by atoms with Crippen molar-refractivity contribution in [1.29, 1.82) is 0 Å². The maximum atomic E-state index is 13.3. The molecule has 32 heavy (non-hydrogen) atoms. The number of benzene rings is 1. The standard InChI is InChI=1S/C21H20F2N4O3S2/c1-14-12-15-4-2-6-17(18(15)25-13-14)32(29,30)27-10-8-26(9-11-27)20(28)16-5-3-7-24-19(16)31-21(22)23/h2-7,12-13,21H,8-11H2,1H3. The molecular formula is C21H20F2N4O3S2. The Morgan fingerprint density at radius 2 is 1.84 bits per heavy atom. The number of nitrogens with zero attached hydrogens (tertiary/aromatic N) is 4. The number of halogens is 2. The summed E-state index contributed by atoms with van der Waals surface area (Å²) in [7, 11) is -3.82. The molecule has 0 radical (unpaired) electrons. The zero-order valence-electron chi connectivity index (χ0n) is 17.1. The minimum absolute atomic E-state index is 0.0420. The highest BCUT2D eigenvalue weighted by Gasteiger charge is 2.32. The fourth-order valence-corrected chi connectivity index (χ4v) is 5.78. The van der Waals surface area contributed by atoms with Gasteiger partial charge in [0.2, 0.25) is 10.0 Å². The lowest BCUT2D eigenvalue weighted by Gasteiger charge is -2.34. The van der Waals surface area contributed by atoms with E-state index in [4.69, 9.17) is 0 Å². The molecule has 0 bridgehead atoms. The van der Waals surface area contributed by atoms with Crippen LogP contribution in [0.2, 0.25) is 0 Å². The monoisotopic (exact) mass is 478 g/mol. The van der Waals surface area contributed by atoms with Crippen molar-refractivity contribution in [1.82, 2.24) is 19.2 Å². The highest BCUT2D eigenvalue weighted by Crippen LogP contribution is 2.28. The van der Waals surface area contributed by atoms with Crippen LogP contribution in [0, 0.1) is 6.92 Å². The van der Waals surface area contributed by atoms with Crippen LogP contribution < -0.4 is 0 Å². The van der Waals surface area contributed by atoms with Crippen LogP contribution in [-0.2, 0) is 10.0 Å². The first kappa shape index (κ1) is 22.6. The molecule has 1 aliphatic rings. The topological polar surface area (TPSA) is 83.5 Å². The lowest BCUT2D eigenvalue weighted by atomic mass is 10.2. The van der Waals surface area contributed by atoms with Crippen LogP contribution in [0.3, 0.4) is 0 Å². The molecule has 0 aliphatic carbocycles. The zero-order valence-corrected chi connectivity index (χ0v) is 18.7. The Balaban J connectivity index is 1.53. The molecule has 1 amide bonds. The van der Waals surface area contributed by atoms with E-state index in [1.807, 2.05) is 19.1 Å². The number of rotatable bonds is 5. The Morgan fingerprint density at radius 1 is 1.09 bits per heavy atom. The lowest BCUT2D eigenvalue weighted by molar-refractivity contribution is 0.0693. The third-order valence-electron chi connectivity index (χ3n) is 5.16. The molecule has 3 heterocycles. The highest BCUT2D eigenvalue weighted by molar-refractivity contribution is 7.99. The van der Waals surface area contributed by atoms with Gasteiger partial charge in [-0.05, 0) is 48.5 Å². The summed E-state index contributed by atoms with van der Waals surface area (Å²) in [6.45, 7) is 2.35. The summed E-state index contributed by atoms with van der Waals surface area (Å²) in [6, 6.07) is 9.86. The number of aryl methyl sites for hydroxylation is 1. The first-order chi connectivity index (χ1) is 15.3. The van der Waals surface area contributed by atoms with Crippen molar-refractivity contribution in [3.8, 4) is 0 Å². The molecule has 1 aromatic carbocycles. The number of alkyl halides is 2. The van der Waals surface area contributed by atoms with Crippen LogP contribution in [0.1, 0.15) is 15.9 Å². The molecule has 0 saturated carbocycles. The van der Waals surface area contributed by atoms with Crippen molar-refractivity contribution in [3.05, 3.63) is 59.9 Å². The normalized spacial score (nSPS) is 15.4. The quantitative estimate of drug-likeness (QED) is 0.523. The van der Waals surface area contributed by atoms with Gasteiger partial charge in [0.25, 0.3) is 11.7 Å². The van der Waals surface area contributed by atoms with Crippen LogP contribution in [-0.4, -0.2) is 65.4 Å². The van der Waals surface area contributed by atoms with E-state index < -0.39 is 21.7 Å². The van der Waals surface area contributed by atoms with Gasteiger partial charge in [-0.15, -0.1) is 0 Å². The van der Waals surface area contributed by atoms with Gasteiger partial charge >= 0.3 is 0 Å². The SMILES string of the molecule is Cc1cnc2c(S(=O)(=O)N3CCN(C(=O)c4cccnc4SC(F)F)CC3)cccc2c1. The number of sulfonamides is 1. The van der Waals surface area contributed by atoms with E-state index in [-0.39, 0.29) is 53.4 Å². The first-order valence-electron chi connectivity index (χ1n) is 9.82. The van der Waals surface area contributed by atoms with Crippen molar-refractivity contribution >= 4 is 38.6 Å². The minimum atomic E-state index is -3.82. The van der Waals surface area contributed by atoms with Crippen molar-refractivity contribution < 1.29 is 22.0 Å². The summed E-state index contributed by atoms with van der Waals surface area (Å²) in [6.07, 6.45) is 2.98. The van der Waals surface area contributed by atoms with Gasteiger partial charge in [-0.3, -0.25) is 9.78 Å². The molecule has 4 rings (SSSR count). The fraction of sp³-hybridized carbons (Fsp3) is 0.286. The lowest BCUT2D eigenvalue weighted by Crippen LogP contribution is -2.50. The number of fused-ring (bicyclic) bond motifs is 1.